The van der Waals surface area contributed by atoms with Crippen LogP contribution in [0.15, 0.2) is 66.8 Å². The average molecular weight is 587 g/mol. The molecule has 0 radical (unpaired) electrons. The number of benzene rings is 3. The zero-order valence-electron chi connectivity index (χ0n) is 20.8. The summed E-state index contributed by atoms with van der Waals surface area (Å²) in [6, 6.07) is 18.0. The molecular formula is C29H30OS6. The van der Waals surface area contributed by atoms with Gasteiger partial charge in [-0.2, -0.15) is 0 Å². The van der Waals surface area contributed by atoms with E-state index >= 15 is 0 Å². The Morgan fingerprint density at radius 3 is 1.61 bits per heavy atom. The molecule has 0 aromatic heterocycles. The normalized spacial score (nSPS) is 16.4. The third-order valence-electron chi connectivity index (χ3n) is 6.34. The Labute approximate surface area is 239 Å². The first-order valence-electron chi connectivity index (χ1n) is 12.2. The van der Waals surface area contributed by atoms with Crippen molar-refractivity contribution in [1.82, 2.24) is 0 Å². The lowest BCUT2D eigenvalue weighted by atomic mass is 9.99. The van der Waals surface area contributed by atoms with Crippen LogP contribution in [0.2, 0.25) is 0 Å². The molecule has 0 unspecified atom stereocenters. The zero-order valence-corrected chi connectivity index (χ0v) is 25.7. The zero-order chi connectivity index (χ0) is 25.1. The van der Waals surface area contributed by atoms with Gasteiger partial charge in [0.05, 0.1) is 16.9 Å². The fourth-order valence-corrected chi connectivity index (χ4v) is 12.7. The van der Waals surface area contributed by atoms with Crippen molar-refractivity contribution in [2.24, 2.45) is 0 Å². The molecule has 188 valence electrons. The molecule has 0 saturated carbocycles. The Morgan fingerprint density at radius 1 is 0.639 bits per heavy atom. The van der Waals surface area contributed by atoms with Crippen LogP contribution in [0.3, 0.4) is 0 Å². The second-order valence-electron chi connectivity index (χ2n) is 8.70. The van der Waals surface area contributed by atoms with Gasteiger partial charge < -0.3 is 5.11 Å². The summed E-state index contributed by atoms with van der Waals surface area (Å²) in [5.41, 5.74) is 0. The molecule has 36 heavy (non-hydrogen) atoms. The minimum absolute atomic E-state index is 0.312. The van der Waals surface area contributed by atoms with Crippen molar-refractivity contribution >= 4 is 101 Å². The molecule has 1 N–H and O–H groups in total. The van der Waals surface area contributed by atoms with E-state index in [1.165, 1.54) is 71.6 Å². The van der Waals surface area contributed by atoms with Crippen LogP contribution in [0.25, 0.3) is 30.0 Å². The molecule has 0 spiro atoms. The van der Waals surface area contributed by atoms with Crippen LogP contribution in [0.5, 0.6) is 0 Å². The Balaban J connectivity index is 1.62. The van der Waals surface area contributed by atoms with Gasteiger partial charge in [-0.05, 0) is 70.1 Å². The maximum absolute atomic E-state index is 9.02. The van der Waals surface area contributed by atoms with Gasteiger partial charge in [-0.3, -0.25) is 0 Å². The highest BCUT2D eigenvalue weighted by molar-refractivity contribution is 8.45. The number of rotatable bonds is 8. The van der Waals surface area contributed by atoms with E-state index in [1.54, 1.807) is 0 Å². The van der Waals surface area contributed by atoms with Crippen LogP contribution in [-0.2, 0) is 0 Å². The summed E-state index contributed by atoms with van der Waals surface area (Å²) in [4.78, 5) is 2.82. The van der Waals surface area contributed by atoms with Gasteiger partial charge in [0.15, 0.2) is 0 Å². The molecule has 3 aromatic rings. The molecule has 0 saturated heterocycles. The van der Waals surface area contributed by atoms with Crippen LogP contribution < -0.4 is 10.4 Å². The van der Waals surface area contributed by atoms with Gasteiger partial charge in [-0.25, -0.2) is 0 Å². The van der Waals surface area contributed by atoms with Gasteiger partial charge in [-0.15, -0.1) is 23.5 Å². The number of unbranched alkanes of at least 4 members (excludes halogenated alkanes) is 3. The molecule has 0 aliphatic carbocycles. The fraction of sp³-hybridized carbons (Fsp3) is 0.310. The molecule has 0 amide bonds. The van der Waals surface area contributed by atoms with Gasteiger partial charge in [0.1, 0.15) is 0 Å². The molecule has 2 aliphatic heterocycles. The predicted octanol–water partition coefficient (Wildman–Crippen LogP) is 9.11. The summed E-state index contributed by atoms with van der Waals surface area (Å²) < 4.78 is 5.69. The number of hydrogen-bond acceptors (Lipinski definition) is 7. The second-order valence-corrected chi connectivity index (χ2v) is 16.1. The summed E-state index contributed by atoms with van der Waals surface area (Å²) in [5, 5.41) is 17.2. The summed E-state index contributed by atoms with van der Waals surface area (Å²) in [5.74, 6) is 1.14. The van der Waals surface area contributed by atoms with Crippen LogP contribution in [0.4, 0.5) is 0 Å². The first-order chi connectivity index (χ1) is 17.6. The van der Waals surface area contributed by atoms with Gasteiger partial charge in [0.25, 0.3) is 0 Å². The number of fused-ring (bicyclic) bond motifs is 2. The number of aliphatic hydroxyl groups is 1. The van der Waals surface area contributed by atoms with Crippen molar-refractivity contribution in [1.29, 1.82) is 0 Å². The standard InChI is InChI=1S/C29H30OS6/c1-18-19(2)34-26(33-18)24-20-12-6-8-14-22(20)25(23-15-9-7-13-21(23)24)27-35-28(31-3)29(36-27)32-17-11-5-4-10-16-30/h6-9,12-15,30H,4-5,10-11,16-17H2,1-3H3. The maximum atomic E-state index is 9.02. The van der Waals surface area contributed by atoms with E-state index < -0.39 is 0 Å². The highest BCUT2D eigenvalue weighted by atomic mass is 32.3. The molecule has 2 aliphatic rings. The lowest BCUT2D eigenvalue weighted by Gasteiger charge is -2.11. The first kappa shape index (κ1) is 27.0. The molecule has 0 atom stereocenters. The Morgan fingerprint density at radius 2 is 1.11 bits per heavy atom. The lowest BCUT2D eigenvalue weighted by molar-refractivity contribution is 0.283. The minimum Gasteiger partial charge on any atom is -0.396 e. The van der Waals surface area contributed by atoms with E-state index in [4.69, 9.17) is 5.11 Å². The van der Waals surface area contributed by atoms with Crippen LogP contribution in [0.1, 0.15) is 39.5 Å². The smallest absolute Gasteiger partial charge is 0.0660 e. The van der Waals surface area contributed by atoms with E-state index in [9.17, 15) is 0 Å². The van der Waals surface area contributed by atoms with Crippen molar-refractivity contribution in [3.05, 3.63) is 77.3 Å². The fourth-order valence-electron chi connectivity index (χ4n) is 4.43. The molecule has 2 heterocycles. The Hall–Kier alpha value is -0.540. The van der Waals surface area contributed by atoms with E-state index in [0.29, 0.717) is 6.61 Å². The molecule has 0 fully saturated rings. The average Bonchev–Trinajstić information content (AvgIpc) is 3.46. The van der Waals surface area contributed by atoms with E-state index in [-0.39, 0.29) is 0 Å². The van der Waals surface area contributed by atoms with Crippen LogP contribution in [-0.4, -0.2) is 23.7 Å². The van der Waals surface area contributed by atoms with Crippen LogP contribution >= 0.6 is 70.6 Å². The van der Waals surface area contributed by atoms with Gasteiger partial charge in [0, 0.05) is 17.0 Å². The summed E-state index contributed by atoms with van der Waals surface area (Å²) in [7, 11) is 0. The van der Waals surface area contributed by atoms with Crippen molar-refractivity contribution < 1.29 is 5.11 Å². The number of hydrogen-bond donors (Lipinski definition) is 1. The largest absolute Gasteiger partial charge is 0.396 e. The molecule has 5 rings (SSSR count). The number of aliphatic hydroxyl groups excluding tert-OH is 1. The number of allylic oxidation sites excluding steroid dienone is 2. The lowest BCUT2D eigenvalue weighted by Crippen LogP contribution is -2.16. The maximum Gasteiger partial charge on any atom is 0.0660 e. The van der Waals surface area contributed by atoms with Gasteiger partial charge >= 0.3 is 0 Å². The van der Waals surface area contributed by atoms with Crippen molar-refractivity contribution in [3.63, 3.8) is 0 Å². The molecule has 7 heteroatoms. The predicted molar refractivity (Wildman–Crippen MR) is 175 cm³/mol. The van der Waals surface area contributed by atoms with Crippen molar-refractivity contribution in [2.45, 2.75) is 39.5 Å². The van der Waals surface area contributed by atoms with Gasteiger partial charge in [-0.1, -0.05) is 108 Å². The monoisotopic (exact) mass is 586 g/mol. The van der Waals surface area contributed by atoms with E-state index in [2.05, 4.69) is 68.6 Å². The second kappa shape index (κ2) is 12.5. The number of thioether (sulfide) groups is 6. The Kier molecular flexibility index (Phi) is 9.42. The summed E-state index contributed by atoms with van der Waals surface area (Å²) >= 11 is 11.7. The summed E-state index contributed by atoms with van der Waals surface area (Å²) in [6.07, 6.45) is 6.66. The minimum atomic E-state index is 0.312. The van der Waals surface area contributed by atoms with Crippen molar-refractivity contribution in [3.8, 4) is 0 Å². The molecular weight excluding hydrogens is 557 g/mol. The summed E-state index contributed by atoms with van der Waals surface area (Å²) in [6.45, 7) is 4.79. The molecule has 0 bridgehead atoms. The quantitative estimate of drug-likeness (QED) is 0.207. The van der Waals surface area contributed by atoms with E-state index in [0.717, 1.165) is 18.6 Å². The SMILES string of the molecule is CSC1=C(SCCCCCCO)SC(=c2c3ccccc3c(=C3SC(C)=C(C)S3)c3ccccc23)S1. The van der Waals surface area contributed by atoms with Gasteiger partial charge in [0.2, 0.25) is 0 Å². The highest BCUT2D eigenvalue weighted by Crippen LogP contribution is 2.57. The first-order valence-corrected chi connectivity index (χ1v) is 17.7. The highest BCUT2D eigenvalue weighted by Gasteiger charge is 2.24. The van der Waals surface area contributed by atoms with Crippen LogP contribution in [0, 0.1) is 0 Å². The third-order valence-corrected chi connectivity index (χ3v) is 14.4. The third kappa shape index (κ3) is 5.58. The van der Waals surface area contributed by atoms with E-state index in [1.807, 2.05) is 70.6 Å². The van der Waals surface area contributed by atoms with Crippen molar-refractivity contribution in [2.75, 3.05) is 18.6 Å². The molecule has 1 nitrogen and oxygen atoms in total. The Bertz CT molecular complexity index is 1410. The molecule has 3 aromatic carbocycles. The topological polar surface area (TPSA) is 20.2 Å².